The predicted octanol–water partition coefficient (Wildman–Crippen LogP) is 2.11. The molecule has 9 heteroatoms. The molecule has 25 heavy (non-hydrogen) atoms. The fraction of sp³-hybridized carbons (Fsp3) is 0.125. The van der Waals surface area contributed by atoms with Gasteiger partial charge in [-0.1, -0.05) is 6.07 Å². The van der Waals surface area contributed by atoms with Crippen molar-refractivity contribution in [2.45, 2.75) is 11.8 Å². The van der Waals surface area contributed by atoms with Crippen molar-refractivity contribution in [3.63, 3.8) is 0 Å². The van der Waals surface area contributed by atoms with Crippen molar-refractivity contribution in [2.24, 2.45) is 0 Å². The highest BCUT2D eigenvalue weighted by molar-refractivity contribution is 7.90. The van der Waals surface area contributed by atoms with E-state index >= 15 is 0 Å². The molecule has 0 N–H and O–H groups in total. The Hall–Kier alpha value is -3.07. The second kappa shape index (κ2) is 5.49. The van der Waals surface area contributed by atoms with Crippen LogP contribution in [-0.2, 0) is 9.84 Å². The van der Waals surface area contributed by atoms with Gasteiger partial charge in [-0.15, -0.1) is 0 Å². The van der Waals surface area contributed by atoms with Gasteiger partial charge in [0.1, 0.15) is 0 Å². The number of imide groups is 1. The Morgan fingerprint density at radius 2 is 1.64 bits per heavy atom. The number of sulfone groups is 1. The van der Waals surface area contributed by atoms with Crippen LogP contribution in [0.3, 0.4) is 0 Å². The smallest absolute Gasteiger partial charge is 0.268 e. The average Bonchev–Trinajstić information content (AvgIpc) is 2.78. The maximum absolute atomic E-state index is 12.7. The number of fused-ring (bicyclic) bond motifs is 1. The van der Waals surface area contributed by atoms with Crippen LogP contribution in [-0.4, -0.2) is 31.4 Å². The van der Waals surface area contributed by atoms with E-state index < -0.39 is 26.6 Å². The quantitative estimate of drug-likeness (QED) is 0.470. The number of nitro benzene ring substituents is 1. The Labute approximate surface area is 142 Å². The molecule has 1 heterocycles. The summed E-state index contributed by atoms with van der Waals surface area (Å²) >= 11 is 0. The number of anilines is 1. The van der Waals surface area contributed by atoms with Crippen LogP contribution in [0.5, 0.6) is 0 Å². The van der Waals surface area contributed by atoms with Crippen molar-refractivity contribution >= 4 is 33.0 Å². The minimum absolute atomic E-state index is 0.0427. The number of aryl methyl sites for hydroxylation is 1. The van der Waals surface area contributed by atoms with Crippen molar-refractivity contribution in [2.75, 3.05) is 11.2 Å². The summed E-state index contributed by atoms with van der Waals surface area (Å²) in [7, 11) is -3.54. The monoisotopic (exact) mass is 360 g/mol. The summed E-state index contributed by atoms with van der Waals surface area (Å²) in [6, 6.07) is 7.55. The van der Waals surface area contributed by atoms with Gasteiger partial charge in [0, 0.05) is 18.4 Å². The van der Waals surface area contributed by atoms with E-state index in [-0.39, 0.29) is 27.4 Å². The van der Waals surface area contributed by atoms with Gasteiger partial charge in [0.15, 0.2) is 9.84 Å². The Morgan fingerprint density at radius 3 is 2.24 bits per heavy atom. The Morgan fingerprint density at radius 1 is 1.00 bits per heavy atom. The molecule has 128 valence electrons. The highest BCUT2D eigenvalue weighted by Gasteiger charge is 2.38. The van der Waals surface area contributed by atoms with Gasteiger partial charge in [-0.3, -0.25) is 19.7 Å². The summed E-state index contributed by atoms with van der Waals surface area (Å²) in [6.07, 6.45) is 0.998. The van der Waals surface area contributed by atoms with E-state index in [4.69, 9.17) is 0 Å². The topological polar surface area (TPSA) is 115 Å². The van der Waals surface area contributed by atoms with Crippen LogP contribution in [0, 0.1) is 17.0 Å². The molecule has 0 saturated carbocycles. The first kappa shape index (κ1) is 16.8. The van der Waals surface area contributed by atoms with Gasteiger partial charge in [-0.05, 0) is 30.7 Å². The molecule has 1 aliphatic heterocycles. The zero-order valence-corrected chi connectivity index (χ0v) is 14.0. The molecule has 2 aromatic carbocycles. The van der Waals surface area contributed by atoms with Crippen molar-refractivity contribution < 1.29 is 22.9 Å². The number of carbonyl (C=O) groups is 2. The van der Waals surface area contributed by atoms with Gasteiger partial charge < -0.3 is 0 Å². The molecular weight excluding hydrogens is 348 g/mol. The van der Waals surface area contributed by atoms with E-state index in [2.05, 4.69) is 0 Å². The van der Waals surface area contributed by atoms with Crippen LogP contribution < -0.4 is 4.90 Å². The zero-order valence-electron chi connectivity index (χ0n) is 13.2. The molecule has 1 aliphatic rings. The number of hydrogen-bond donors (Lipinski definition) is 0. The molecule has 0 atom stereocenters. The minimum Gasteiger partial charge on any atom is -0.268 e. The van der Waals surface area contributed by atoms with Crippen molar-refractivity contribution in [1.29, 1.82) is 0 Å². The van der Waals surface area contributed by atoms with Crippen LogP contribution in [0.4, 0.5) is 11.4 Å². The molecule has 0 aliphatic carbocycles. The number of hydrogen-bond acceptors (Lipinski definition) is 6. The summed E-state index contributed by atoms with van der Waals surface area (Å²) in [5, 5.41) is 11.0. The summed E-state index contributed by atoms with van der Waals surface area (Å²) in [4.78, 5) is 36.3. The first-order valence-corrected chi connectivity index (χ1v) is 8.98. The molecule has 0 unspecified atom stereocenters. The molecule has 0 spiro atoms. The molecule has 0 aromatic heterocycles. The maximum Gasteiger partial charge on any atom is 0.271 e. The zero-order chi connectivity index (χ0) is 18.5. The summed E-state index contributed by atoms with van der Waals surface area (Å²) < 4.78 is 23.3. The first-order chi connectivity index (χ1) is 11.6. The van der Waals surface area contributed by atoms with Crippen LogP contribution in [0.25, 0.3) is 0 Å². The third kappa shape index (κ3) is 2.68. The number of nitro groups is 1. The van der Waals surface area contributed by atoms with Gasteiger partial charge in [-0.25, -0.2) is 13.3 Å². The number of amides is 2. The summed E-state index contributed by atoms with van der Waals surface area (Å²) in [5.74, 6) is -1.36. The van der Waals surface area contributed by atoms with E-state index in [1.54, 1.807) is 6.92 Å². The molecule has 0 radical (unpaired) electrons. The first-order valence-electron chi connectivity index (χ1n) is 7.09. The highest BCUT2D eigenvalue weighted by Crippen LogP contribution is 2.33. The number of benzene rings is 2. The Kier molecular flexibility index (Phi) is 3.68. The normalized spacial score (nSPS) is 13.9. The number of rotatable bonds is 3. The lowest BCUT2D eigenvalue weighted by Gasteiger charge is -2.16. The third-order valence-electron chi connectivity index (χ3n) is 3.93. The maximum atomic E-state index is 12.7. The van der Waals surface area contributed by atoms with E-state index in [1.807, 2.05) is 0 Å². The second-order valence-corrected chi connectivity index (χ2v) is 7.67. The van der Waals surface area contributed by atoms with Crippen molar-refractivity contribution in [3.8, 4) is 0 Å². The third-order valence-corrected chi connectivity index (χ3v) is 5.04. The lowest BCUT2D eigenvalue weighted by Crippen LogP contribution is -2.30. The summed E-state index contributed by atoms with van der Waals surface area (Å²) in [5.41, 5.74) is 0.362. The van der Waals surface area contributed by atoms with Gasteiger partial charge in [0.25, 0.3) is 17.5 Å². The van der Waals surface area contributed by atoms with Crippen LogP contribution in [0.15, 0.2) is 41.3 Å². The molecule has 8 nitrogen and oxygen atoms in total. The standard InChI is InChI=1S/C16H12N2O6S/c1-9-3-4-10(18(21)22)7-14(9)17-15(19)12-6-5-11(25(2,23)24)8-13(12)16(17)20/h3-8H,1-2H3. The van der Waals surface area contributed by atoms with Gasteiger partial charge >= 0.3 is 0 Å². The van der Waals surface area contributed by atoms with Gasteiger partial charge in [0.2, 0.25) is 0 Å². The fourth-order valence-corrected chi connectivity index (χ4v) is 3.27. The lowest BCUT2D eigenvalue weighted by molar-refractivity contribution is -0.384. The van der Waals surface area contributed by atoms with E-state index in [0.717, 1.165) is 23.3 Å². The SMILES string of the molecule is Cc1ccc([N+](=O)[O-])cc1N1C(=O)c2ccc(S(C)(=O)=O)cc2C1=O. The van der Waals surface area contributed by atoms with Crippen LogP contribution in [0.1, 0.15) is 26.3 Å². The molecule has 2 amide bonds. The molecule has 0 fully saturated rings. The number of nitrogens with zero attached hydrogens (tertiary/aromatic N) is 2. The minimum atomic E-state index is -3.54. The second-order valence-electron chi connectivity index (χ2n) is 5.65. The number of non-ortho nitro benzene ring substituents is 1. The molecule has 0 bridgehead atoms. The molecule has 3 rings (SSSR count). The van der Waals surface area contributed by atoms with Gasteiger partial charge in [-0.2, -0.15) is 0 Å². The molecule has 2 aromatic rings. The molecular formula is C16H12N2O6S. The predicted molar refractivity (Wildman–Crippen MR) is 88.5 cm³/mol. The number of carbonyl (C=O) groups excluding carboxylic acids is 2. The Balaban J connectivity index is 2.15. The van der Waals surface area contributed by atoms with Crippen molar-refractivity contribution in [3.05, 3.63) is 63.2 Å². The lowest BCUT2D eigenvalue weighted by atomic mass is 10.1. The van der Waals surface area contributed by atoms with Gasteiger partial charge in [0.05, 0.1) is 26.6 Å². The largest absolute Gasteiger partial charge is 0.271 e. The van der Waals surface area contributed by atoms with E-state index in [1.165, 1.54) is 24.3 Å². The highest BCUT2D eigenvalue weighted by atomic mass is 32.2. The van der Waals surface area contributed by atoms with Crippen molar-refractivity contribution in [1.82, 2.24) is 0 Å². The van der Waals surface area contributed by atoms with Crippen LogP contribution in [0.2, 0.25) is 0 Å². The van der Waals surface area contributed by atoms with E-state index in [0.29, 0.717) is 5.56 Å². The van der Waals surface area contributed by atoms with Crippen LogP contribution >= 0.6 is 0 Å². The van der Waals surface area contributed by atoms with E-state index in [9.17, 15) is 28.1 Å². The molecule has 0 saturated heterocycles. The Bertz CT molecular complexity index is 1060. The fourth-order valence-electron chi connectivity index (χ4n) is 2.62. The average molecular weight is 360 g/mol. The summed E-state index contributed by atoms with van der Waals surface area (Å²) in [6.45, 7) is 1.62.